The van der Waals surface area contributed by atoms with Gasteiger partial charge < -0.3 is 5.32 Å². The third kappa shape index (κ3) is 2.72. The summed E-state index contributed by atoms with van der Waals surface area (Å²) in [7, 11) is 0. The van der Waals surface area contributed by atoms with Gasteiger partial charge in [-0.2, -0.15) is 0 Å². The van der Waals surface area contributed by atoms with Crippen LogP contribution in [-0.2, 0) is 0 Å². The molecule has 0 bridgehead atoms. The van der Waals surface area contributed by atoms with E-state index < -0.39 is 0 Å². The van der Waals surface area contributed by atoms with Gasteiger partial charge in [0.05, 0.1) is 15.7 Å². The number of carbonyl (C=O) groups excluding carboxylic acids is 1. The van der Waals surface area contributed by atoms with Crippen LogP contribution < -0.4 is 5.32 Å². The molecular weight excluding hydrogens is 357 g/mol. The van der Waals surface area contributed by atoms with Gasteiger partial charge in [-0.15, -0.1) is 11.3 Å². The Balaban J connectivity index is 2.33. The van der Waals surface area contributed by atoms with Crippen LogP contribution in [-0.4, -0.2) is 5.91 Å². The lowest BCUT2D eigenvalue weighted by Crippen LogP contribution is -2.11. The summed E-state index contributed by atoms with van der Waals surface area (Å²) in [5.41, 5.74) is 1.31. The maximum Gasteiger partial charge on any atom is 0.266 e. The molecular formula is C12H8BrCl2NOS. The Bertz CT molecular complexity index is 612. The molecule has 1 heterocycles. The second-order valence-corrected chi connectivity index (χ2v) is 6.16. The van der Waals surface area contributed by atoms with Gasteiger partial charge in [-0.25, -0.2) is 0 Å². The van der Waals surface area contributed by atoms with Crippen LogP contribution in [0.1, 0.15) is 15.2 Å². The van der Waals surface area contributed by atoms with Crippen molar-refractivity contribution in [3.05, 3.63) is 48.5 Å². The molecule has 0 fully saturated rings. The summed E-state index contributed by atoms with van der Waals surface area (Å²) in [5, 5.41) is 5.46. The molecule has 0 spiro atoms. The molecule has 1 N–H and O–H groups in total. The molecule has 0 unspecified atom stereocenters. The monoisotopic (exact) mass is 363 g/mol. The Morgan fingerprint density at radius 1 is 1.33 bits per heavy atom. The molecule has 1 amide bonds. The van der Waals surface area contributed by atoms with E-state index in [1.165, 1.54) is 11.3 Å². The maximum absolute atomic E-state index is 12.1. The maximum atomic E-state index is 12.1. The van der Waals surface area contributed by atoms with E-state index >= 15 is 0 Å². The number of benzene rings is 1. The quantitative estimate of drug-likeness (QED) is 0.761. The number of amides is 1. The van der Waals surface area contributed by atoms with Crippen molar-refractivity contribution in [2.75, 3.05) is 5.32 Å². The molecule has 0 aliphatic heterocycles. The Kier molecular flexibility index (Phi) is 4.33. The van der Waals surface area contributed by atoms with Gasteiger partial charge in [-0.05, 0) is 45.9 Å². The largest absolute Gasteiger partial charge is 0.319 e. The van der Waals surface area contributed by atoms with Crippen molar-refractivity contribution in [2.45, 2.75) is 6.92 Å². The Morgan fingerprint density at radius 2 is 2.06 bits per heavy atom. The highest BCUT2D eigenvalue weighted by Crippen LogP contribution is 2.34. The number of hydrogen-bond acceptors (Lipinski definition) is 2. The van der Waals surface area contributed by atoms with Gasteiger partial charge in [-0.3, -0.25) is 4.79 Å². The van der Waals surface area contributed by atoms with E-state index in [4.69, 9.17) is 23.2 Å². The number of halogens is 3. The van der Waals surface area contributed by atoms with Crippen molar-refractivity contribution in [2.24, 2.45) is 0 Å². The molecule has 0 atom stereocenters. The first-order valence-corrected chi connectivity index (χ1v) is 7.42. The summed E-state index contributed by atoms with van der Waals surface area (Å²) in [6.07, 6.45) is 0. The molecule has 0 radical (unpaired) electrons. The van der Waals surface area contributed by atoms with Crippen molar-refractivity contribution in [3.63, 3.8) is 0 Å². The van der Waals surface area contributed by atoms with Crippen LogP contribution in [0.4, 0.5) is 5.69 Å². The van der Waals surface area contributed by atoms with Gasteiger partial charge in [0.15, 0.2) is 0 Å². The van der Waals surface area contributed by atoms with Crippen molar-refractivity contribution in [1.29, 1.82) is 0 Å². The number of carbonyl (C=O) groups is 1. The molecule has 6 heteroatoms. The van der Waals surface area contributed by atoms with Gasteiger partial charge in [0.25, 0.3) is 5.91 Å². The molecule has 2 aromatic rings. The van der Waals surface area contributed by atoms with E-state index in [1.54, 1.807) is 12.1 Å². The zero-order valence-electron chi connectivity index (χ0n) is 9.26. The fourth-order valence-corrected chi connectivity index (χ4v) is 3.31. The highest BCUT2D eigenvalue weighted by Gasteiger charge is 2.16. The number of anilines is 1. The van der Waals surface area contributed by atoms with E-state index in [-0.39, 0.29) is 5.91 Å². The SMILES string of the molecule is Cc1ccc(Cl)c(NC(=O)c2sccc2Br)c1Cl. The van der Waals surface area contributed by atoms with Crippen LogP contribution in [0, 0.1) is 6.92 Å². The van der Waals surface area contributed by atoms with Crippen LogP contribution >= 0.6 is 50.5 Å². The fourth-order valence-electron chi connectivity index (χ4n) is 1.40. The van der Waals surface area contributed by atoms with Crippen LogP contribution in [0.5, 0.6) is 0 Å². The van der Waals surface area contributed by atoms with Crippen molar-refractivity contribution >= 4 is 62.1 Å². The minimum atomic E-state index is -0.230. The lowest BCUT2D eigenvalue weighted by atomic mass is 10.2. The smallest absolute Gasteiger partial charge is 0.266 e. The average Bonchev–Trinajstić information content (AvgIpc) is 2.76. The number of aryl methyl sites for hydroxylation is 1. The first-order chi connectivity index (χ1) is 8.50. The molecule has 2 nitrogen and oxygen atoms in total. The first-order valence-electron chi connectivity index (χ1n) is 4.99. The van der Waals surface area contributed by atoms with Crippen LogP contribution in [0.2, 0.25) is 10.0 Å². The summed E-state index contributed by atoms with van der Waals surface area (Å²) in [6, 6.07) is 5.34. The summed E-state index contributed by atoms with van der Waals surface area (Å²) in [6.45, 7) is 1.86. The third-order valence-corrected chi connectivity index (χ3v) is 4.98. The predicted octanol–water partition coefficient (Wildman–Crippen LogP) is 5.38. The van der Waals surface area contributed by atoms with E-state index in [1.807, 2.05) is 18.4 Å². The molecule has 0 saturated carbocycles. The topological polar surface area (TPSA) is 29.1 Å². The summed E-state index contributed by atoms with van der Waals surface area (Å²) < 4.78 is 0.755. The second-order valence-electron chi connectivity index (χ2n) is 3.61. The summed E-state index contributed by atoms with van der Waals surface area (Å²) >= 11 is 16.8. The van der Waals surface area contributed by atoms with Crippen LogP contribution in [0.15, 0.2) is 28.1 Å². The van der Waals surface area contributed by atoms with E-state index in [0.717, 1.165) is 10.0 Å². The number of thiophene rings is 1. The average molecular weight is 365 g/mol. The van der Waals surface area contributed by atoms with Crippen molar-refractivity contribution in [3.8, 4) is 0 Å². The van der Waals surface area contributed by atoms with Gasteiger partial charge >= 0.3 is 0 Å². The molecule has 1 aromatic carbocycles. The molecule has 1 aromatic heterocycles. The van der Waals surface area contributed by atoms with Gasteiger partial charge in [0.1, 0.15) is 4.88 Å². The second kappa shape index (κ2) is 5.61. The summed E-state index contributed by atoms with van der Waals surface area (Å²) in [5.74, 6) is -0.230. The van der Waals surface area contributed by atoms with Crippen molar-refractivity contribution < 1.29 is 4.79 Å². The Labute approximate surface area is 127 Å². The van der Waals surface area contributed by atoms with E-state index in [9.17, 15) is 4.79 Å². The molecule has 94 valence electrons. The third-order valence-electron chi connectivity index (χ3n) is 2.35. The van der Waals surface area contributed by atoms with Crippen molar-refractivity contribution in [1.82, 2.24) is 0 Å². The minimum Gasteiger partial charge on any atom is -0.319 e. The lowest BCUT2D eigenvalue weighted by Gasteiger charge is -2.10. The van der Waals surface area contributed by atoms with Gasteiger partial charge in [0, 0.05) is 4.47 Å². The Hall–Kier alpha value is -0.550. The van der Waals surface area contributed by atoms with E-state index in [2.05, 4.69) is 21.2 Å². The van der Waals surface area contributed by atoms with Gasteiger partial charge in [0.2, 0.25) is 0 Å². The fraction of sp³-hybridized carbons (Fsp3) is 0.0833. The van der Waals surface area contributed by atoms with Gasteiger partial charge in [-0.1, -0.05) is 29.3 Å². The Morgan fingerprint density at radius 3 is 2.67 bits per heavy atom. The van der Waals surface area contributed by atoms with Crippen LogP contribution in [0.25, 0.3) is 0 Å². The molecule has 0 aliphatic rings. The first kappa shape index (κ1) is 13.9. The molecule has 2 rings (SSSR count). The normalized spacial score (nSPS) is 10.4. The number of nitrogens with one attached hydrogen (secondary N) is 1. The van der Waals surface area contributed by atoms with E-state index in [0.29, 0.717) is 20.6 Å². The highest BCUT2D eigenvalue weighted by molar-refractivity contribution is 9.10. The lowest BCUT2D eigenvalue weighted by molar-refractivity contribution is 0.103. The standard InChI is InChI=1S/C12H8BrCl2NOS/c1-6-2-3-8(14)10(9(6)15)16-12(17)11-7(13)4-5-18-11/h2-5H,1H3,(H,16,17). The highest BCUT2D eigenvalue weighted by atomic mass is 79.9. The zero-order valence-corrected chi connectivity index (χ0v) is 13.2. The zero-order chi connectivity index (χ0) is 13.3. The minimum absolute atomic E-state index is 0.230. The predicted molar refractivity (Wildman–Crippen MR) is 81.2 cm³/mol. The molecule has 0 aliphatic carbocycles. The summed E-state index contributed by atoms with van der Waals surface area (Å²) in [4.78, 5) is 12.7. The molecule has 0 saturated heterocycles. The number of rotatable bonds is 2. The number of hydrogen-bond donors (Lipinski definition) is 1. The molecule has 18 heavy (non-hydrogen) atoms. The van der Waals surface area contributed by atoms with Crippen LogP contribution in [0.3, 0.4) is 0 Å².